The van der Waals surface area contributed by atoms with E-state index in [1.165, 1.54) is 5.56 Å². The highest BCUT2D eigenvalue weighted by atomic mass is 16.2. The van der Waals surface area contributed by atoms with Gasteiger partial charge in [-0.05, 0) is 43.5 Å². The molecule has 1 aromatic heterocycles. The zero-order valence-electron chi connectivity index (χ0n) is 16.8. The van der Waals surface area contributed by atoms with Crippen LogP contribution >= 0.6 is 0 Å². The Morgan fingerprint density at radius 3 is 2.42 bits per heavy atom. The van der Waals surface area contributed by atoms with E-state index < -0.39 is 0 Å². The molecule has 2 aromatic rings. The van der Waals surface area contributed by atoms with Crippen molar-refractivity contribution in [2.45, 2.75) is 58.9 Å². The highest BCUT2D eigenvalue weighted by molar-refractivity contribution is 5.93. The molecule has 6 nitrogen and oxygen atoms in total. The first-order chi connectivity index (χ1) is 12.3. The molecule has 2 N–H and O–H groups in total. The summed E-state index contributed by atoms with van der Waals surface area (Å²) in [6.07, 6.45) is 1.67. The van der Waals surface area contributed by atoms with Gasteiger partial charge in [0.2, 0.25) is 0 Å². The molecular formula is C20H31N5O. The van der Waals surface area contributed by atoms with Gasteiger partial charge in [-0.25, -0.2) is 4.68 Å². The topological polar surface area (TPSA) is 71.8 Å². The first-order valence-electron chi connectivity index (χ1n) is 9.28. The van der Waals surface area contributed by atoms with Gasteiger partial charge in [-0.15, -0.1) is 5.10 Å². The van der Waals surface area contributed by atoms with E-state index in [1.54, 1.807) is 4.68 Å². The standard InChI is InChI=1S/C20H31N5O/c1-7-8-17-18(19(26)22-13-14(2)21-6)23-24-25(17)16-11-9-15(10-12-16)20(3,4)5/h9-12,14,21H,7-8,13H2,1-6H3,(H,22,26). The number of rotatable bonds is 7. The molecule has 142 valence electrons. The molecule has 0 spiro atoms. The first kappa shape index (κ1) is 20.1. The summed E-state index contributed by atoms with van der Waals surface area (Å²) in [7, 11) is 1.87. The van der Waals surface area contributed by atoms with Gasteiger partial charge in [0.05, 0.1) is 11.4 Å². The maximum atomic E-state index is 12.5. The van der Waals surface area contributed by atoms with E-state index in [1.807, 2.05) is 26.1 Å². The lowest BCUT2D eigenvalue weighted by molar-refractivity contribution is 0.0944. The second-order valence-corrected chi connectivity index (χ2v) is 7.74. The normalized spacial score (nSPS) is 12.8. The Bertz CT molecular complexity index is 728. The van der Waals surface area contributed by atoms with Crippen molar-refractivity contribution in [1.82, 2.24) is 25.6 Å². The lowest BCUT2D eigenvalue weighted by Gasteiger charge is -2.19. The molecule has 0 fully saturated rings. The van der Waals surface area contributed by atoms with Crippen LogP contribution in [0.1, 0.15) is 62.8 Å². The van der Waals surface area contributed by atoms with Gasteiger partial charge >= 0.3 is 0 Å². The minimum Gasteiger partial charge on any atom is -0.349 e. The molecule has 1 amide bonds. The number of benzene rings is 1. The number of carbonyl (C=O) groups is 1. The summed E-state index contributed by atoms with van der Waals surface area (Å²) >= 11 is 0. The van der Waals surface area contributed by atoms with E-state index in [4.69, 9.17) is 0 Å². The maximum Gasteiger partial charge on any atom is 0.273 e. The van der Waals surface area contributed by atoms with Gasteiger partial charge in [0.15, 0.2) is 5.69 Å². The zero-order valence-corrected chi connectivity index (χ0v) is 16.8. The predicted octanol–water partition coefficient (Wildman–Crippen LogP) is 2.86. The van der Waals surface area contributed by atoms with Crippen LogP contribution in [-0.4, -0.2) is 40.5 Å². The van der Waals surface area contributed by atoms with Gasteiger partial charge in [-0.3, -0.25) is 4.79 Å². The van der Waals surface area contributed by atoms with E-state index in [0.29, 0.717) is 12.2 Å². The van der Waals surface area contributed by atoms with Crippen molar-refractivity contribution >= 4 is 5.91 Å². The summed E-state index contributed by atoms with van der Waals surface area (Å²) < 4.78 is 1.78. The zero-order chi connectivity index (χ0) is 19.3. The van der Waals surface area contributed by atoms with Gasteiger partial charge in [-0.1, -0.05) is 51.5 Å². The van der Waals surface area contributed by atoms with Crippen LogP contribution in [0.4, 0.5) is 0 Å². The van der Waals surface area contributed by atoms with Crippen molar-refractivity contribution in [2.75, 3.05) is 13.6 Å². The molecule has 2 rings (SSSR count). The molecule has 6 heteroatoms. The summed E-state index contributed by atoms with van der Waals surface area (Å²) in [6.45, 7) is 11.2. The monoisotopic (exact) mass is 357 g/mol. The Kier molecular flexibility index (Phi) is 6.53. The van der Waals surface area contributed by atoms with Gasteiger partial charge in [0.1, 0.15) is 0 Å². The molecule has 0 radical (unpaired) electrons. The number of aromatic nitrogens is 3. The molecule has 1 atom stereocenters. The number of carbonyl (C=O) groups excluding carboxylic acids is 1. The molecule has 0 aliphatic rings. The van der Waals surface area contributed by atoms with Crippen molar-refractivity contribution in [3.63, 3.8) is 0 Å². The third kappa shape index (κ3) is 4.69. The molecule has 26 heavy (non-hydrogen) atoms. The van der Waals surface area contributed by atoms with Crippen molar-refractivity contribution in [1.29, 1.82) is 0 Å². The van der Waals surface area contributed by atoms with Crippen LogP contribution in [0, 0.1) is 0 Å². The van der Waals surface area contributed by atoms with Crippen molar-refractivity contribution in [3.8, 4) is 5.69 Å². The summed E-state index contributed by atoms with van der Waals surface area (Å²) in [5, 5.41) is 14.5. The highest BCUT2D eigenvalue weighted by Gasteiger charge is 2.21. The van der Waals surface area contributed by atoms with Crippen LogP contribution < -0.4 is 10.6 Å². The number of nitrogens with one attached hydrogen (secondary N) is 2. The lowest BCUT2D eigenvalue weighted by Crippen LogP contribution is -2.37. The van der Waals surface area contributed by atoms with Crippen LogP contribution in [0.3, 0.4) is 0 Å². The smallest absolute Gasteiger partial charge is 0.273 e. The van der Waals surface area contributed by atoms with Crippen molar-refractivity contribution < 1.29 is 4.79 Å². The summed E-state index contributed by atoms with van der Waals surface area (Å²) in [4.78, 5) is 12.5. The molecule has 0 aliphatic carbocycles. The quantitative estimate of drug-likeness (QED) is 0.799. The molecule has 1 heterocycles. The van der Waals surface area contributed by atoms with Crippen LogP contribution in [0.2, 0.25) is 0 Å². The van der Waals surface area contributed by atoms with E-state index in [0.717, 1.165) is 24.2 Å². The van der Waals surface area contributed by atoms with E-state index in [-0.39, 0.29) is 17.4 Å². The molecule has 0 aliphatic heterocycles. The third-order valence-corrected chi connectivity index (χ3v) is 4.50. The number of hydrogen-bond donors (Lipinski definition) is 2. The Morgan fingerprint density at radius 2 is 1.88 bits per heavy atom. The third-order valence-electron chi connectivity index (χ3n) is 4.50. The number of hydrogen-bond acceptors (Lipinski definition) is 4. The number of likely N-dealkylation sites (N-methyl/N-ethyl adjacent to an activating group) is 1. The minimum atomic E-state index is -0.173. The summed E-state index contributed by atoms with van der Waals surface area (Å²) in [6, 6.07) is 8.51. The number of amides is 1. The SMILES string of the molecule is CCCc1c(C(=O)NCC(C)NC)nnn1-c1ccc(C(C)(C)C)cc1. The average molecular weight is 358 g/mol. The predicted molar refractivity (Wildman–Crippen MR) is 105 cm³/mol. The fourth-order valence-corrected chi connectivity index (χ4v) is 2.68. The maximum absolute atomic E-state index is 12.5. The summed E-state index contributed by atoms with van der Waals surface area (Å²) in [5.74, 6) is -0.173. The fraction of sp³-hybridized carbons (Fsp3) is 0.550. The number of nitrogens with zero attached hydrogens (tertiary/aromatic N) is 3. The molecule has 0 saturated carbocycles. The largest absolute Gasteiger partial charge is 0.349 e. The molecule has 0 bridgehead atoms. The molecule has 1 unspecified atom stereocenters. The second-order valence-electron chi connectivity index (χ2n) is 7.74. The van der Waals surface area contributed by atoms with Crippen molar-refractivity contribution in [2.24, 2.45) is 0 Å². The van der Waals surface area contributed by atoms with Crippen LogP contribution in [-0.2, 0) is 11.8 Å². The van der Waals surface area contributed by atoms with E-state index >= 15 is 0 Å². The van der Waals surface area contributed by atoms with E-state index in [9.17, 15) is 4.79 Å². The lowest BCUT2D eigenvalue weighted by atomic mass is 9.87. The van der Waals surface area contributed by atoms with Crippen LogP contribution in [0.25, 0.3) is 5.69 Å². The van der Waals surface area contributed by atoms with Gasteiger partial charge in [0, 0.05) is 12.6 Å². The van der Waals surface area contributed by atoms with E-state index in [2.05, 4.69) is 60.8 Å². The molecular weight excluding hydrogens is 326 g/mol. The van der Waals surface area contributed by atoms with Crippen molar-refractivity contribution in [3.05, 3.63) is 41.2 Å². The van der Waals surface area contributed by atoms with Gasteiger partial charge in [-0.2, -0.15) is 0 Å². The Morgan fingerprint density at radius 1 is 1.23 bits per heavy atom. The fourth-order valence-electron chi connectivity index (χ4n) is 2.68. The Hall–Kier alpha value is -2.21. The second kappa shape index (κ2) is 8.45. The Balaban J connectivity index is 2.29. The van der Waals surface area contributed by atoms with Gasteiger partial charge in [0.25, 0.3) is 5.91 Å². The molecule has 1 aromatic carbocycles. The molecule has 0 saturated heterocycles. The van der Waals surface area contributed by atoms with Crippen LogP contribution in [0.5, 0.6) is 0 Å². The highest BCUT2D eigenvalue weighted by Crippen LogP contribution is 2.24. The Labute approximate surface area is 156 Å². The summed E-state index contributed by atoms with van der Waals surface area (Å²) in [5.41, 5.74) is 3.55. The average Bonchev–Trinajstić information content (AvgIpc) is 3.02. The van der Waals surface area contributed by atoms with Crippen LogP contribution in [0.15, 0.2) is 24.3 Å². The van der Waals surface area contributed by atoms with Gasteiger partial charge < -0.3 is 10.6 Å². The minimum absolute atomic E-state index is 0.0994. The first-order valence-corrected chi connectivity index (χ1v) is 9.28.